The van der Waals surface area contributed by atoms with E-state index in [-0.39, 0.29) is 10.8 Å². The molecule has 2 aromatic heterocycles. The SMILES string of the molecule is CC1(C)c2ccc(-c3ccc4ccccc4c3)nc2N2c3nc(-c4ccc5ccccc5c4)ccc3C(C)(C)c3cccc1c32. The quantitative estimate of drug-likeness (QED) is 0.204. The van der Waals surface area contributed by atoms with E-state index in [2.05, 4.69) is 160 Å². The van der Waals surface area contributed by atoms with E-state index in [1.165, 1.54) is 49.5 Å². The third-order valence-corrected chi connectivity index (χ3v) is 10.2. The van der Waals surface area contributed by atoms with E-state index in [1.807, 2.05) is 0 Å². The van der Waals surface area contributed by atoms with E-state index in [1.54, 1.807) is 0 Å². The molecule has 0 amide bonds. The lowest BCUT2D eigenvalue weighted by Gasteiger charge is -2.48. The molecule has 7 aromatic rings. The van der Waals surface area contributed by atoms with Crippen LogP contribution in [0.2, 0.25) is 0 Å². The predicted octanol–water partition coefficient (Wildman–Crippen LogP) is 10.9. The van der Waals surface area contributed by atoms with Crippen molar-refractivity contribution in [3.63, 3.8) is 0 Å². The van der Waals surface area contributed by atoms with Crippen molar-refractivity contribution in [1.29, 1.82) is 0 Å². The van der Waals surface area contributed by atoms with Crippen molar-refractivity contribution in [2.45, 2.75) is 38.5 Å². The highest BCUT2D eigenvalue weighted by Gasteiger charge is 2.46. The number of aromatic nitrogens is 2. The zero-order valence-corrected chi connectivity index (χ0v) is 26.0. The minimum Gasteiger partial charge on any atom is -0.278 e. The third-order valence-electron chi connectivity index (χ3n) is 10.2. The Bertz CT molecular complexity index is 2190. The molecule has 0 atom stereocenters. The molecule has 0 saturated carbocycles. The van der Waals surface area contributed by atoms with E-state index in [0.717, 1.165) is 34.2 Å². The van der Waals surface area contributed by atoms with Gasteiger partial charge in [-0.15, -0.1) is 0 Å². The average Bonchev–Trinajstić information content (AvgIpc) is 3.07. The molecule has 9 rings (SSSR count). The van der Waals surface area contributed by atoms with E-state index < -0.39 is 0 Å². The van der Waals surface area contributed by atoms with Gasteiger partial charge in [-0.1, -0.05) is 131 Å². The highest BCUT2D eigenvalue weighted by Crippen LogP contribution is 2.59. The number of fused-ring (bicyclic) bond motifs is 6. The molecular formula is C42H33N3. The van der Waals surface area contributed by atoms with Gasteiger partial charge in [0.25, 0.3) is 0 Å². The van der Waals surface area contributed by atoms with Crippen molar-refractivity contribution in [2.75, 3.05) is 4.90 Å². The summed E-state index contributed by atoms with van der Waals surface area (Å²) < 4.78 is 0. The summed E-state index contributed by atoms with van der Waals surface area (Å²) in [4.78, 5) is 13.3. The van der Waals surface area contributed by atoms with Crippen LogP contribution in [0.4, 0.5) is 17.3 Å². The fraction of sp³-hybridized carbons (Fsp3) is 0.143. The van der Waals surface area contributed by atoms with Crippen LogP contribution in [0.5, 0.6) is 0 Å². The summed E-state index contributed by atoms with van der Waals surface area (Å²) in [5.74, 6) is 1.93. The number of benzene rings is 5. The Morgan fingerprint density at radius 2 is 0.867 bits per heavy atom. The Kier molecular flexibility index (Phi) is 5.30. The molecule has 0 aliphatic carbocycles. The first-order chi connectivity index (χ1) is 21.8. The molecule has 0 spiro atoms. The number of para-hydroxylation sites is 1. The van der Waals surface area contributed by atoms with Crippen molar-refractivity contribution in [2.24, 2.45) is 0 Å². The summed E-state index contributed by atoms with van der Waals surface area (Å²) in [6, 6.07) is 46.0. The van der Waals surface area contributed by atoms with Gasteiger partial charge in [-0.2, -0.15) is 0 Å². The summed E-state index contributed by atoms with van der Waals surface area (Å²) in [6.07, 6.45) is 0. The second kappa shape index (κ2) is 9.12. The molecule has 45 heavy (non-hydrogen) atoms. The Morgan fingerprint density at radius 1 is 0.422 bits per heavy atom. The molecule has 0 N–H and O–H groups in total. The highest BCUT2D eigenvalue weighted by atomic mass is 15.3. The molecule has 2 aliphatic heterocycles. The Labute approximate surface area is 263 Å². The number of nitrogens with zero attached hydrogens (tertiary/aromatic N) is 3. The minimum absolute atomic E-state index is 0.227. The standard InChI is InChI=1S/C42H33N3/c1-41(2)32-14-9-15-33-38(32)45(39-34(41)20-22-36(43-39)30-18-16-26-10-5-7-12-28(26)24-30)40-35(42(33,3)4)21-23-37(44-40)31-19-17-27-11-6-8-13-29(27)25-31/h5-25H,1-4H3. The summed E-state index contributed by atoms with van der Waals surface area (Å²) in [7, 11) is 0. The molecule has 2 aliphatic rings. The Hall–Kier alpha value is -5.28. The topological polar surface area (TPSA) is 29.0 Å². The Balaban J connectivity index is 1.30. The van der Waals surface area contributed by atoms with Crippen molar-refractivity contribution in [3.8, 4) is 22.5 Å². The van der Waals surface area contributed by atoms with E-state index >= 15 is 0 Å². The van der Waals surface area contributed by atoms with Crippen LogP contribution in [0, 0.1) is 0 Å². The van der Waals surface area contributed by atoms with Crippen LogP contribution in [0.3, 0.4) is 0 Å². The Morgan fingerprint density at radius 3 is 1.33 bits per heavy atom. The van der Waals surface area contributed by atoms with E-state index in [0.29, 0.717) is 0 Å². The average molecular weight is 580 g/mol. The van der Waals surface area contributed by atoms with Gasteiger partial charge in [0, 0.05) is 33.1 Å². The lowest BCUT2D eigenvalue weighted by atomic mass is 9.67. The molecule has 0 bridgehead atoms. The number of rotatable bonds is 2. The van der Waals surface area contributed by atoms with Crippen LogP contribution in [-0.4, -0.2) is 9.97 Å². The van der Waals surface area contributed by atoms with Crippen molar-refractivity contribution < 1.29 is 0 Å². The number of pyridine rings is 2. The van der Waals surface area contributed by atoms with Gasteiger partial charge in [-0.3, -0.25) is 4.90 Å². The van der Waals surface area contributed by atoms with Crippen LogP contribution in [-0.2, 0) is 10.8 Å². The third kappa shape index (κ3) is 3.70. The first-order valence-corrected chi connectivity index (χ1v) is 15.8. The largest absolute Gasteiger partial charge is 0.278 e. The van der Waals surface area contributed by atoms with Crippen LogP contribution in [0.15, 0.2) is 127 Å². The van der Waals surface area contributed by atoms with Gasteiger partial charge in [0.1, 0.15) is 11.6 Å². The van der Waals surface area contributed by atoms with Gasteiger partial charge in [0.15, 0.2) is 0 Å². The van der Waals surface area contributed by atoms with E-state index in [9.17, 15) is 0 Å². The molecule has 5 aromatic carbocycles. The van der Waals surface area contributed by atoms with Gasteiger partial charge in [-0.25, -0.2) is 9.97 Å². The maximum absolute atomic E-state index is 5.49. The fourth-order valence-electron chi connectivity index (χ4n) is 7.63. The summed E-state index contributed by atoms with van der Waals surface area (Å²) in [5, 5.41) is 4.90. The minimum atomic E-state index is -0.227. The highest BCUT2D eigenvalue weighted by molar-refractivity contribution is 5.93. The molecule has 4 heterocycles. The van der Waals surface area contributed by atoms with E-state index in [4.69, 9.17) is 9.97 Å². The van der Waals surface area contributed by atoms with Crippen LogP contribution >= 0.6 is 0 Å². The van der Waals surface area contributed by atoms with Crippen LogP contribution in [0.25, 0.3) is 44.1 Å². The molecule has 0 unspecified atom stereocenters. The predicted molar refractivity (Wildman–Crippen MR) is 187 cm³/mol. The molecule has 216 valence electrons. The molecule has 3 heteroatoms. The summed E-state index contributed by atoms with van der Waals surface area (Å²) in [6.45, 7) is 9.32. The number of anilines is 3. The fourth-order valence-corrected chi connectivity index (χ4v) is 7.63. The van der Waals surface area contributed by atoms with Crippen LogP contribution in [0.1, 0.15) is 49.9 Å². The van der Waals surface area contributed by atoms with Gasteiger partial charge < -0.3 is 0 Å². The second-order valence-electron chi connectivity index (χ2n) is 13.5. The molecule has 3 nitrogen and oxygen atoms in total. The maximum atomic E-state index is 5.49. The summed E-state index contributed by atoms with van der Waals surface area (Å²) in [5.41, 5.74) is 9.97. The lowest BCUT2D eigenvalue weighted by Crippen LogP contribution is -2.39. The molecular weight excluding hydrogens is 546 g/mol. The zero-order valence-electron chi connectivity index (χ0n) is 26.0. The zero-order chi connectivity index (χ0) is 30.5. The monoisotopic (exact) mass is 579 g/mol. The second-order valence-corrected chi connectivity index (χ2v) is 13.5. The number of hydrogen-bond acceptors (Lipinski definition) is 3. The van der Waals surface area contributed by atoms with Crippen LogP contribution < -0.4 is 4.90 Å². The molecule has 0 fully saturated rings. The van der Waals surface area contributed by atoms with Gasteiger partial charge in [-0.05, 0) is 56.9 Å². The first kappa shape index (κ1) is 26.2. The van der Waals surface area contributed by atoms with Crippen molar-refractivity contribution in [1.82, 2.24) is 9.97 Å². The lowest BCUT2D eigenvalue weighted by molar-refractivity contribution is 0.591. The first-order valence-electron chi connectivity index (χ1n) is 15.8. The van der Waals surface area contributed by atoms with Gasteiger partial charge in [0.05, 0.1) is 17.1 Å². The maximum Gasteiger partial charge on any atom is 0.143 e. The normalized spacial score (nSPS) is 15.4. The van der Waals surface area contributed by atoms with Crippen molar-refractivity contribution in [3.05, 3.63) is 150 Å². The van der Waals surface area contributed by atoms with Gasteiger partial charge in [0.2, 0.25) is 0 Å². The summed E-state index contributed by atoms with van der Waals surface area (Å²) >= 11 is 0. The molecule has 0 radical (unpaired) electrons. The van der Waals surface area contributed by atoms with Gasteiger partial charge >= 0.3 is 0 Å². The number of hydrogen-bond donors (Lipinski definition) is 0. The molecule has 0 saturated heterocycles. The smallest absolute Gasteiger partial charge is 0.143 e. The van der Waals surface area contributed by atoms with Crippen molar-refractivity contribution >= 4 is 38.9 Å².